The summed E-state index contributed by atoms with van der Waals surface area (Å²) in [5.41, 5.74) is 1.79. The Bertz CT molecular complexity index is 774. The van der Waals surface area contributed by atoms with Crippen LogP contribution in [0, 0.1) is 0 Å². The second kappa shape index (κ2) is 7.32. The van der Waals surface area contributed by atoms with E-state index in [2.05, 4.69) is 25.8 Å². The molecule has 122 valence electrons. The summed E-state index contributed by atoms with van der Waals surface area (Å²) >= 11 is 0. The normalized spacial score (nSPS) is 11.7. The molecule has 0 radical (unpaired) electrons. The van der Waals surface area contributed by atoms with Crippen molar-refractivity contribution in [2.24, 2.45) is 0 Å². The van der Waals surface area contributed by atoms with Crippen molar-refractivity contribution < 1.29 is 9.53 Å². The van der Waals surface area contributed by atoms with E-state index in [1.165, 1.54) is 11.0 Å². The highest BCUT2D eigenvalue weighted by atomic mass is 16.5. The van der Waals surface area contributed by atoms with Gasteiger partial charge in [-0.05, 0) is 59.3 Å². The standard InChI is InChI=1S/C16H16N6O2/c1-12(16(23)18-10-13-6-8-17-9-7-13)24-15-4-2-14(3-5-15)22-11-19-20-21-22/h2-9,11-12H,10H2,1H3,(H,18,23). The quantitative estimate of drug-likeness (QED) is 0.730. The first-order valence-electron chi connectivity index (χ1n) is 7.39. The Hall–Kier alpha value is -3.29. The lowest BCUT2D eigenvalue weighted by Crippen LogP contribution is -2.35. The zero-order valence-corrected chi connectivity index (χ0v) is 13.0. The molecule has 8 heteroatoms. The van der Waals surface area contributed by atoms with Gasteiger partial charge < -0.3 is 10.1 Å². The number of amides is 1. The molecule has 1 atom stereocenters. The first-order valence-corrected chi connectivity index (χ1v) is 7.39. The highest BCUT2D eigenvalue weighted by Crippen LogP contribution is 2.15. The molecule has 0 spiro atoms. The van der Waals surface area contributed by atoms with Crippen LogP contribution in [0.4, 0.5) is 0 Å². The zero-order chi connectivity index (χ0) is 16.8. The Morgan fingerprint density at radius 2 is 1.96 bits per heavy atom. The maximum absolute atomic E-state index is 12.1. The first-order chi connectivity index (χ1) is 11.7. The summed E-state index contributed by atoms with van der Waals surface area (Å²) in [6.07, 6.45) is 4.28. The number of carbonyl (C=O) groups excluding carboxylic acids is 1. The van der Waals surface area contributed by atoms with Crippen molar-refractivity contribution in [2.75, 3.05) is 0 Å². The number of nitrogens with one attached hydrogen (secondary N) is 1. The van der Waals surface area contributed by atoms with Crippen LogP contribution in [0.1, 0.15) is 12.5 Å². The number of tetrazole rings is 1. The minimum Gasteiger partial charge on any atom is -0.481 e. The predicted molar refractivity (Wildman–Crippen MR) is 85.3 cm³/mol. The summed E-state index contributed by atoms with van der Waals surface area (Å²) < 4.78 is 7.19. The molecule has 1 N–H and O–H groups in total. The van der Waals surface area contributed by atoms with E-state index in [-0.39, 0.29) is 5.91 Å². The summed E-state index contributed by atoms with van der Waals surface area (Å²) in [5.74, 6) is 0.412. The SMILES string of the molecule is CC(Oc1ccc(-n2cnnn2)cc1)C(=O)NCc1ccncc1. The van der Waals surface area contributed by atoms with E-state index < -0.39 is 6.10 Å². The van der Waals surface area contributed by atoms with Crippen molar-refractivity contribution in [1.29, 1.82) is 0 Å². The van der Waals surface area contributed by atoms with Gasteiger partial charge in [0.1, 0.15) is 12.1 Å². The fourth-order valence-electron chi connectivity index (χ4n) is 2.05. The van der Waals surface area contributed by atoms with Gasteiger partial charge in [-0.3, -0.25) is 9.78 Å². The van der Waals surface area contributed by atoms with Crippen molar-refractivity contribution in [3.63, 3.8) is 0 Å². The summed E-state index contributed by atoms with van der Waals surface area (Å²) in [6, 6.07) is 10.9. The molecule has 0 bridgehead atoms. The summed E-state index contributed by atoms with van der Waals surface area (Å²) in [4.78, 5) is 16.0. The number of aromatic nitrogens is 5. The van der Waals surface area contributed by atoms with Crippen molar-refractivity contribution in [3.8, 4) is 11.4 Å². The predicted octanol–water partition coefficient (Wildman–Crippen LogP) is 1.14. The highest BCUT2D eigenvalue weighted by Gasteiger charge is 2.14. The molecule has 1 aromatic carbocycles. The Labute approximate surface area is 138 Å². The van der Waals surface area contributed by atoms with Gasteiger partial charge in [-0.25, -0.2) is 4.68 Å². The Morgan fingerprint density at radius 3 is 2.62 bits per heavy atom. The Morgan fingerprint density at radius 1 is 1.21 bits per heavy atom. The number of pyridine rings is 1. The van der Waals surface area contributed by atoms with Crippen molar-refractivity contribution >= 4 is 5.91 Å². The average molecular weight is 324 g/mol. The maximum Gasteiger partial charge on any atom is 0.261 e. The van der Waals surface area contributed by atoms with E-state index in [4.69, 9.17) is 4.74 Å². The van der Waals surface area contributed by atoms with Crippen LogP contribution in [0.5, 0.6) is 5.75 Å². The summed E-state index contributed by atoms with van der Waals surface area (Å²) in [5, 5.41) is 13.8. The molecule has 0 aliphatic carbocycles. The molecule has 2 heterocycles. The van der Waals surface area contributed by atoms with E-state index in [1.54, 1.807) is 31.5 Å². The van der Waals surface area contributed by atoms with Crippen LogP contribution in [0.25, 0.3) is 5.69 Å². The van der Waals surface area contributed by atoms with E-state index >= 15 is 0 Å². The molecule has 0 fully saturated rings. The van der Waals surface area contributed by atoms with E-state index in [9.17, 15) is 4.79 Å². The van der Waals surface area contributed by atoms with Crippen molar-refractivity contribution in [3.05, 3.63) is 60.7 Å². The molecular weight excluding hydrogens is 308 g/mol. The molecule has 0 aliphatic heterocycles. The van der Waals surface area contributed by atoms with Gasteiger partial charge in [-0.2, -0.15) is 0 Å². The van der Waals surface area contributed by atoms with Crippen LogP contribution in [-0.2, 0) is 11.3 Å². The van der Waals surface area contributed by atoms with Crippen molar-refractivity contribution in [1.82, 2.24) is 30.5 Å². The Kier molecular flexibility index (Phi) is 4.76. The van der Waals surface area contributed by atoms with Gasteiger partial charge in [0.15, 0.2) is 6.10 Å². The summed E-state index contributed by atoms with van der Waals surface area (Å²) in [7, 11) is 0. The van der Waals surface area contributed by atoms with E-state index in [1.807, 2.05) is 24.3 Å². The highest BCUT2D eigenvalue weighted by molar-refractivity contribution is 5.80. The molecule has 8 nitrogen and oxygen atoms in total. The lowest BCUT2D eigenvalue weighted by Gasteiger charge is -2.15. The van der Waals surface area contributed by atoms with Gasteiger partial charge >= 0.3 is 0 Å². The van der Waals surface area contributed by atoms with Gasteiger partial charge in [-0.15, -0.1) is 5.10 Å². The van der Waals surface area contributed by atoms with Crippen molar-refractivity contribution in [2.45, 2.75) is 19.6 Å². The van der Waals surface area contributed by atoms with Crippen LogP contribution in [0.2, 0.25) is 0 Å². The summed E-state index contributed by atoms with van der Waals surface area (Å²) in [6.45, 7) is 2.14. The van der Waals surface area contributed by atoms with Crippen LogP contribution >= 0.6 is 0 Å². The molecule has 0 aliphatic rings. The van der Waals surface area contributed by atoms with Gasteiger partial charge in [-0.1, -0.05) is 0 Å². The molecule has 24 heavy (non-hydrogen) atoms. The molecule has 0 saturated carbocycles. The van der Waals surface area contributed by atoms with E-state index in [0.717, 1.165) is 11.3 Å². The molecule has 0 saturated heterocycles. The number of hydrogen-bond donors (Lipinski definition) is 1. The fourth-order valence-corrected chi connectivity index (χ4v) is 2.05. The van der Waals surface area contributed by atoms with Gasteiger partial charge in [0.2, 0.25) is 0 Å². The lowest BCUT2D eigenvalue weighted by molar-refractivity contribution is -0.127. The molecule has 1 amide bonds. The number of benzene rings is 1. The van der Waals surface area contributed by atoms with Crippen LogP contribution in [-0.4, -0.2) is 37.2 Å². The van der Waals surface area contributed by atoms with Gasteiger partial charge in [0, 0.05) is 18.9 Å². The van der Waals surface area contributed by atoms with Crippen LogP contribution in [0.15, 0.2) is 55.1 Å². The topological polar surface area (TPSA) is 94.8 Å². The van der Waals surface area contributed by atoms with Gasteiger partial charge in [0.05, 0.1) is 5.69 Å². The van der Waals surface area contributed by atoms with Crippen LogP contribution in [0.3, 0.4) is 0 Å². The minimum atomic E-state index is -0.606. The fraction of sp³-hybridized carbons (Fsp3) is 0.188. The van der Waals surface area contributed by atoms with Gasteiger partial charge in [0.25, 0.3) is 5.91 Å². The third-order valence-corrected chi connectivity index (χ3v) is 3.35. The average Bonchev–Trinajstić information content (AvgIpc) is 3.16. The van der Waals surface area contributed by atoms with Crippen LogP contribution < -0.4 is 10.1 Å². The molecule has 3 aromatic rings. The smallest absolute Gasteiger partial charge is 0.261 e. The zero-order valence-electron chi connectivity index (χ0n) is 13.0. The third-order valence-electron chi connectivity index (χ3n) is 3.35. The Balaban J connectivity index is 1.54. The molecule has 1 unspecified atom stereocenters. The number of carbonyl (C=O) groups is 1. The molecular formula is C16H16N6O2. The third kappa shape index (κ3) is 3.92. The number of ether oxygens (including phenoxy) is 1. The molecule has 2 aromatic heterocycles. The molecule has 3 rings (SSSR count). The second-order valence-electron chi connectivity index (χ2n) is 5.08. The number of hydrogen-bond acceptors (Lipinski definition) is 6. The second-order valence-corrected chi connectivity index (χ2v) is 5.08. The lowest BCUT2D eigenvalue weighted by atomic mass is 10.2. The largest absolute Gasteiger partial charge is 0.481 e. The minimum absolute atomic E-state index is 0.184. The monoisotopic (exact) mass is 324 g/mol. The number of rotatable bonds is 6. The maximum atomic E-state index is 12.1. The number of nitrogens with zero attached hydrogens (tertiary/aromatic N) is 5. The first kappa shape index (κ1) is 15.6. The van der Waals surface area contributed by atoms with E-state index in [0.29, 0.717) is 12.3 Å².